The second-order valence-corrected chi connectivity index (χ2v) is 6.79. The number of rotatable bonds is 4. The predicted molar refractivity (Wildman–Crippen MR) is 104 cm³/mol. The summed E-state index contributed by atoms with van der Waals surface area (Å²) in [5, 5.41) is 3.40. The van der Waals surface area contributed by atoms with Gasteiger partial charge < -0.3 is 4.74 Å². The van der Waals surface area contributed by atoms with E-state index in [1.807, 2.05) is 52.0 Å². The molecule has 2 rings (SSSR count). The molecule has 0 atom stereocenters. The van der Waals surface area contributed by atoms with Crippen molar-refractivity contribution in [1.82, 2.24) is 0 Å². The second-order valence-electron chi connectivity index (χ2n) is 6.38. The maximum atomic E-state index is 12.3. The van der Waals surface area contributed by atoms with Gasteiger partial charge in [-0.3, -0.25) is 10.3 Å². The first-order valence-corrected chi connectivity index (χ1v) is 8.41. The van der Waals surface area contributed by atoms with Gasteiger partial charge in [0.15, 0.2) is 0 Å². The van der Waals surface area contributed by atoms with Gasteiger partial charge in [-0.2, -0.15) is 0 Å². The SMILES string of the molecule is C/N=C(\C)c1cccc(C(C)(C)OC(=O)Nc2ccc(Cl)c(C)c2)c1. The molecule has 1 N–H and O–H groups in total. The van der Waals surface area contributed by atoms with Gasteiger partial charge >= 0.3 is 6.09 Å². The number of nitrogens with one attached hydrogen (secondary N) is 1. The zero-order valence-corrected chi connectivity index (χ0v) is 15.9. The topological polar surface area (TPSA) is 50.7 Å². The standard InChI is InChI=1S/C20H23ClN2O2/c1-13-11-17(9-10-18(13)21)23-19(24)25-20(3,4)16-8-6-7-15(12-16)14(2)22-5/h6-12H,1-5H3,(H,23,24)/b22-14+. The largest absolute Gasteiger partial charge is 0.438 e. The molecule has 2 aromatic rings. The smallest absolute Gasteiger partial charge is 0.412 e. The minimum absolute atomic E-state index is 0.516. The van der Waals surface area contributed by atoms with Crippen LogP contribution in [0.25, 0.3) is 0 Å². The van der Waals surface area contributed by atoms with Crippen molar-refractivity contribution < 1.29 is 9.53 Å². The number of amides is 1. The third kappa shape index (κ3) is 4.83. The second kappa shape index (κ2) is 7.70. The van der Waals surface area contributed by atoms with E-state index in [-0.39, 0.29) is 0 Å². The predicted octanol–water partition coefficient (Wildman–Crippen LogP) is 5.57. The van der Waals surface area contributed by atoms with Crippen molar-refractivity contribution in [2.24, 2.45) is 4.99 Å². The Hall–Kier alpha value is -2.33. The van der Waals surface area contributed by atoms with Crippen molar-refractivity contribution in [3.8, 4) is 0 Å². The van der Waals surface area contributed by atoms with Crippen molar-refractivity contribution in [3.63, 3.8) is 0 Å². The molecule has 0 aliphatic heterocycles. The molecule has 0 heterocycles. The van der Waals surface area contributed by atoms with Crippen LogP contribution < -0.4 is 5.32 Å². The number of ether oxygens (including phenoxy) is 1. The van der Waals surface area contributed by atoms with Gasteiger partial charge in [-0.1, -0.05) is 29.8 Å². The van der Waals surface area contributed by atoms with Crippen molar-refractivity contribution in [2.45, 2.75) is 33.3 Å². The molecule has 0 saturated carbocycles. The fourth-order valence-electron chi connectivity index (χ4n) is 2.40. The number of carbonyl (C=O) groups is 1. The quantitative estimate of drug-likeness (QED) is 0.726. The fraction of sp³-hybridized carbons (Fsp3) is 0.300. The lowest BCUT2D eigenvalue weighted by molar-refractivity contribution is 0.0466. The molecule has 2 aromatic carbocycles. The molecule has 5 heteroatoms. The van der Waals surface area contributed by atoms with Gasteiger partial charge in [0.25, 0.3) is 0 Å². The van der Waals surface area contributed by atoms with Crippen LogP contribution in [0, 0.1) is 6.92 Å². The van der Waals surface area contributed by atoms with Gasteiger partial charge in [0.05, 0.1) is 0 Å². The van der Waals surface area contributed by atoms with Crippen LogP contribution in [0.15, 0.2) is 47.5 Å². The van der Waals surface area contributed by atoms with Crippen LogP contribution in [0.4, 0.5) is 10.5 Å². The van der Waals surface area contributed by atoms with Gasteiger partial charge in [0, 0.05) is 23.5 Å². The zero-order chi connectivity index (χ0) is 18.6. The molecular formula is C20H23ClN2O2. The number of halogens is 1. The van der Waals surface area contributed by atoms with E-state index in [1.54, 1.807) is 25.2 Å². The van der Waals surface area contributed by atoms with E-state index >= 15 is 0 Å². The highest BCUT2D eigenvalue weighted by Gasteiger charge is 2.26. The summed E-state index contributed by atoms with van der Waals surface area (Å²) in [6.45, 7) is 7.54. The Kier molecular flexibility index (Phi) is 5.85. The summed E-state index contributed by atoms with van der Waals surface area (Å²) in [4.78, 5) is 16.5. The molecule has 0 aromatic heterocycles. The number of carbonyl (C=O) groups excluding carboxylic acids is 1. The van der Waals surface area contributed by atoms with E-state index in [9.17, 15) is 4.79 Å². The number of aryl methyl sites for hydroxylation is 1. The third-order valence-corrected chi connectivity index (χ3v) is 4.49. The Balaban J connectivity index is 2.14. The lowest BCUT2D eigenvalue weighted by Gasteiger charge is -2.26. The van der Waals surface area contributed by atoms with E-state index in [2.05, 4.69) is 10.3 Å². The van der Waals surface area contributed by atoms with Gasteiger partial charge in [0.1, 0.15) is 5.60 Å². The first kappa shape index (κ1) is 19.0. The van der Waals surface area contributed by atoms with Crippen molar-refractivity contribution in [1.29, 1.82) is 0 Å². The fourth-order valence-corrected chi connectivity index (χ4v) is 2.52. The van der Waals surface area contributed by atoms with Gasteiger partial charge in [0.2, 0.25) is 0 Å². The summed E-state index contributed by atoms with van der Waals surface area (Å²) < 4.78 is 5.64. The maximum Gasteiger partial charge on any atom is 0.412 e. The van der Waals surface area contributed by atoms with Crippen LogP contribution in [0.1, 0.15) is 37.5 Å². The molecule has 25 heavy (non-hydrogen) atoms. The monoisotopic (exact) mass is 358 g/mol. The van der Waals surface area contributed by atoms with E-state index in [0.29, 0.717) is 10.7 Å². The van der Waals surface area contributed by atoms with Crippen molar-refractivity contribution >= 4 is 29.1 Å². The molecule has 4 nitrogen and oxygen atoms in total. The number of anilines is 1. The molecule has 0 unspecified atom stereocenters. The molecule has 0 aliphatic carbocycles. The number of hydrogen-bond donors (Lipinski definition) is 1. The molecule has 0 fully saturated rings. The van der Waals surface area contributed by atoms with Crippen LogP contribution in [0.5, 0.6) is 0 Å². The van der Waals surface area contributed by atoms with E-state index in [4.69, 9.17) is 16.3 Å². The Bertz CT molecular complexity index is 813. The van der Waals surface area contributed by atoms with Crippen LogP contribution >= 0.6 is 11.6 Å². The first-order valence-electron chi connectivity index (χ1n) is 8.03. The van der Waals surface area contributed by atoms with Crippen molar-refractivity contribution in [3.05, 3.63) is 64.2 Å². The van der Waals surface area contributed by atoms with E-state index < -0.39 is 11.7 Å². The highest BCUT2D eigenvalue weighted by Crippen LogP contribution is 2.27. The van der Waals surface area contributed by atoms with Crippen LogP contribution in [-0.4, -0.2) is 18.9 Å². The molecule has 0 saturated heterocycles. The number of nitrogens with zero attached hydrogens (tertiary/aromatic N) is 1. The third-order valence-electron chi connectivity index (χ3n) is 4.06. The highest BCUT2D eigenvalue weighted by molar-refractivity contribution is 6.31. The molecule has 0 spiro atoms. The molecule has 0 radical (unpaired) electrons. The molecular weight excluding hydrogens is 336 g/mol. The summed E-state index contributed by atoms with van der Waals surface area (Å²) in [5.74, 6) is 0. The molecule has 0 aliphatic rings. The summed E-state index contributed by atoms with van der Waals surface area (Å²) >= 11 is 6.00. The summed E-state index contributed by atoms with van der Waals surface area (Å²) in [6, 6.07) is 13.1. The summed E-state index contributed by atoms with van der Waals surface area (Å²) in [5.41, 5.74) is 3.58. The van der Waals surface area contributed by atoms with Gasteiger partial charge in [-0.25, -0.2) is 4.79 Å². The Labute approximate surface area is 153 Å². The molecule has 1 amide bonds. The summed E-state index contributed by atoms with van der Waals surface area (Å²) in [6.07, 6.45) is -0.516. The average Bonchev–Trinajstić information content (AvgIpc) is 2.57. The number of benzene rings is 2. The first-order chi connectivity index (χ1) is 11.7. The lowest BCUT2D eigenvalue weighted by atomic mass is 9.95. The van der Waals surface area contributed by atoms with E-state index in [1.165, 1.54) is 0 Å². The summed E-state index contributed by atoms with van der Waals surface area (Å²) in [7, 11) is 1.76. The van der Waals surface area contributed by atoms with Crippen LogP contribution in [0.2, 0.25) is 5.02 Å². The number of hydrogen-bond acceptors (Lipinski definition) is 3. The minimum atomic E-state index is -0.782. The lowest BCUT2D eigenvalue weighted by Crippen LogP contribution is -2.28. The van der Waals surface area contributed by atoms with Crippen molar-refractivity contribution in [2.75, 3.05) is 12.4 Å². The van der Waals surface area contributed by atoms with Crippen LogP contribution in [0.3, 0.4) is 0 Å². The van der Waals surface area contributed by atoms with Gasteiger partial charge in [-0.05, 0) is 68.7 Å². The zero-order valence-electron chi connectivity index (χ0n) is 15.2. The Morgan fingerprint density at radius 3 is 2.56 bits per heavy atom. The van der Waals surface area contributed by atoms with E-state index in [0.717, 1.165) is 22.4 Å². The number of aliphatic imine (C=N–C) groups is 1. The Morgan fingerprint density at radius 1 is 1.20 bits per heavy atom. The Morgan fingerprint density at radius 2 is 1.92 bits per heavy atom. The molecule has 0 bridgehead atoms. The van der Waals surface area contributed by atoms with Crippen LogP contribution in [-0.2, 0) is 10.3 Å². The van der Waals surface area contributed by atoms with Gasteiger partial charge in [-0.15, -0.1) is 0 Å². The highest BCUT2D eigenvalue weighted by atomic mass is 35.5. The molecule has 132 valence electrons. The minimum Gasteiger partial charge on any atom is -0.438 e. The normalized spacial score (nSPS) is 12.0. The average molecular weight is 359 g/mol. The maximum absolute atomic E-state index is 12.3.